The summed E-state index contributed by atoms with van der Waals surface area (Å²) < 4.78 is 0. The van der Waals surface area contributed by atoms with Crippen molar-refractivity contribution in [3.8, 4) is 0 Å². The molecule has 2 rings (SSSR count). The van der Waals surface area contributed by atoms with Crippen LogP contribution < -0.4 is 11.1 Å². The second-order valence-corrected chi connectivity index (χ2v) is 4.54. The lowest BCUT2D eigenvalue weighted by molar-refractivity contribution is -0.120. The SMILES string of the molecule is Cc1cc(NC(=O)C2CCC(N)CC2)n[nH]1. The van der Waals surface area contributed by atoms with Crippen LogP contribution in [0.4, 0.5) is 5.82 Å². The number of hydrogen-bond donors (Lipinski definition) is 3. The third-order valence-electron chi connectivity index (χ3n) is 3.10. The van der Waals surface area contributed by atoms with E-state index in [2.05, 4.69) is 15.5 Å². The lowest BCUT2D eigenvalue weighted by Crippen LogP contribution is -2.32. The molecular weight excluding hydrogens is 204 g/mol. The summed E-state index contributed by atoms with van der Waals surface area (Å²) >= 11 is 0. The zero-order valence-corrected chi connectivity index (χ0v) is 9.49. The number of anilines is 1. The van der Waals surface area contributed by atoms with Crippen LogP contribution in [0.25, 0.3) is 0 Å². The van der Waals surface area contributed by atoms with Gasteiger partial charge in [0, 0.05) is 23.7 Å². The first kappa shape index (κ1) is 11.1. The van der Waals surface area contributed by atoms with E-state index >= 15 is 0 Å². The Bertz CT molecular complexity index is 366. The van der Waals surface area contributed by atoms with Crippen molar-refractivity contribution in [2.24, 2.45) is 11.7 Å². The van der Waals surface area contributed by atoms with E-state index in [-0.39, 0.29) is 17.9 Å². The maximum atomic E-state index is 11.9. The van der Waals surface area contributed by atoms with Gasteiger partial charge in [0.25, 0.3) is 0 Å². The average Bonchev–Trinajstić information content (AvgIpc) is 2.65. The van der Waals surface area contributed by atoms with Crippen LogP contribution in [0, 0.1) is 12.8 Å². The van der Waals surface area contributed by atoms with Crippen molar-refractivity contribution in [1.82, 2.24) is 10.2 Å². The molecule has 1 heterocycles. The highest BCUT2D eigenvalue weighted by molar-refractivity contribution is 5.91. The number of aromatic amines is 1. The number of aromatic nitrogens is 2. The van der Waals surface area contributed by atoms with Gasteiger partial charge >= 0.3 is 0 Å². The van der Waals surface area contributed by atoms with Gasteiger partial charge in [0.05, 0.1) is 0 Å². The fourth-order valence-corrected chi connectivity index (χ4v) is 2.09. The smallest absolute Gasteiger partial charge is 0.228 e. The predicted molar refractivity (Wildman–Crippen MR) is 61.9 cm³/mol. The van der Waals surface area contributed by atoms with Gasteiger partial charge in [0.2, 0.25) is 5.91 Å². The summed E-state index contributed by atoms with van der Waals surface area (Å²) in [5.74, 6) is 0.771. The lowest BCUT2D eigenvalue weighted by Gasteiger charge is -2.24. The number of carbonyl (C=O) groups is 1. The maximum absolute atomic E-state index is 11.9. The Labute approximate surface area is 94.8 Å². The normalized spacial score (nSPS) is 25.4. The molecule has 5 nitrogen and oxygen atoms in total. The van der Waals surface area contributed by atoms with E-state index in [0.29, 0.717) is 5.82 Å². The summed E-state index contributed by atoms with van der Waals surface area (Å²) in [6, 6.07) is 2.10. The molecule has 1 aromatic rings. The monoisotopic (exact) mass is 222 g/mol. The van der Waals surface area contributed by atoms with E-state index < -0.39 is 0 Å². The van der Waals surface area contributed by atoms with Crippen LogP contribution in [0.1, 0.15) is 31.4 Å². The molecule has 0 unspecified atom stereocenters. The molecule has 1 fully saturated rings. The van der Waals surface area contributed by atoms with Crippen molar-refractivity contribution >= 4 is 11.7 Å². The topological polar surface area (TPSA) is 83.8 Å². The van der Waals surface area contributed by atoms with E-state index in [0.717, 1.165) is 31.4 Å². The van der Waals surface area contributed by atoms with Gasteiger partial charge in [-0.25, -0.2) is 0 Å². The maximum Gasteiger partial charge on any atom is 0.228 e. The molecule has 1 aliphatic carbocycles. The van der Waals surface area contributed by atoms with Gasteiger partial charge in [0.1, 0.15) is 0 Å². The van der Waals surface area contributed by atoms with Crippen LogP contribution in [-0.4, -0.2) is 22.1 Å². The first-order chi connectivity index (χ1) is 7.65. The molecule has 0 aromatic carbocycles. The van der Waals surface area contributed by atoms with Gasteiger partial charge in [0.15, 0.2) is 5.82 Å². The highest BCUT2D eigenvalue weighted by Gasteiger charge is 2.24. The van der Waals surface area contributed by atoms with Gasteiger partial charge in [-0.15, -0.1) is 0 Å². The van der Waals surface area contributed by atoms with Crippen LogP contribution in [0.15, 0.2) is 6.07 Å². The molecule has 0 bridgehead atoms. The molecule has 4 N–H and O–H groups in total. The molecule has 0 saturated heterocycles. The number of amides is 1. The van der Waals surface area contributed by atoms with Gasteiger partial charge in [-0.3, -0.25) is 9.89 Å². The molecule has 5 heteroatoms. The number of aryl methyl sites for hydroxylation is 1. The Morgan fingerprint density at radius 2 is 2.19 bits per heavy atom. The van der Waals surface area contributed by atoms with Crippen molar-refractivity contribution in [3.63, 3.8) is 0 Å². The summed E-state index contributed by atoms with van der Waals surface area (Å²) in [6.45, 7) is 1.91. The number of rotatable bonds is 2. The minimum atomic E-state index is 0.0680. The van der Waals surface area contributed by atoms with Crippen molar-refractivity contribution in [2.45, 2.75) is 38.6 Å². The summed E-state index contributed by atoms with van der Waals surface area (Å²) in [4.78, 5) is 11.9. The van der Waals surface area contributed by atoms with E-state index in [4.69, 9.17) is 5.73 Å². The van der Waals surface area contributed by atoms with Crippen LogP contribution in [0.2, 0.25) is 0 Å². The van der Waals surface area contributed by atoms with E-state index in [9.17, 15) is 4.79 Å². The fourth-order valence-electron chi connectivity index (χ4n) is 2.09. The Balaban J connectivity index is 1.88. The Morgan fingerprint density at radius 3 is 2.75 bits per heavy atom. The number of nitrogens with one attached hydrogen (secondary N) is 2. The van der Waals surface area contributed by atoms with Crippen molar-refractivity contribution in [3.05, 3.63) is 11.8 Å². The predicted octanol–water partition coefficient (Wildman–Crippen LogP) is 1.17. The van der Waals surface area contributed by atoms with Gasteiger partial charge < -0.3 is 11.1 Å². The van der Waals surface area contributed by atoms with Gasteiger partial charge in [-0.2, -0.15) is 5.10 Å². The summed E-state index contributed by atoms with van der Waals surface area (Å²) in [5.41, 5.74) is 6.75. The van der Waals surface area contributed by atoms with E-state index in [1.54, 1.807) is 0 Å². The van der Waals surface area contributed by atoms with Crippen LogP contribution in [0.5, 0.6) is 0 Å². The standard InChI is InChI=1S/C11H18N4O/c1-7-6-10(15-14-7)13-11(16)8-2-4-9(12)5-3-8/h6,8-9H,2-5,12H2,1H3,(H2,13,14,15,16). The zero-order valence-electron chi connectivity index (χ0n) is 9.49. The zero-order chi connectivity index (χ0) is 11.5. The highest BCUT2D eigenvalue weighted by atomic mass is 16.1. The van der Waals surface area contributed by atoms with Crippen LogP contribution in [-0.2, 0) is 4.79 Å². The lowest BCUT2D eigenvalue weighted by atomic mass is 9.86. The second kappa shape index (κ2) is 4.65. The summed E-state index contributed by atoms with van der Waals surface area (Å²) in [7, 11) is 0. The third kappa shape index (κ3) is 2.61. The minimum Gasteiger partial charge on any atom is -0.328 e. The number of carbonyl (C=O) groups excluding carboxylic acids is 1. The van der Waals surface area contributed by atoms with Crippen LogP contribution in [0.3, 0.4) is 0 Å². The number of nitrogens with zero attached hydrogens (tertiary/aromatic N) is 1. The quantitative estimate of drug-likeness (QED) is 0.702. The molecule has 16 heavy (non-hydrogen) atoms. The van der Waals surface area contributed by atoms with E-state index in [1.807, 2.05) is 13.0 Å². The van der Waals surface area contributed by atoms with E-state index in [1.165, 1.54) is 0 Å². The number of nitrogens with two attached hydrogens (primary N) is 1. The number of hydrogen-bond acceptors (Lipinski definition) is 3. The number of H-pyrrole nitrogens is 1. The van der Waals surface area contributed by atoms with Gasteiger partial charge in [-0.1, -0.05) is 0 Å². The first-order valence-corrected chi connectivity index (χ1v) is 5.73. The molecule has 1 saturated carbocycles. The second-order valence-electron chi connectivity index (χ2n) is 4.54. The highest BCUT2D eigenvalue weighted by Crippen LogP contribution is 2.24. The van der Waals surface area contributed by atoms with Crippen LogP contribution >= 0.6 is 0 Å². The molecule has 1 aliphatic rings. The van der Waals surface area contributed by atoms with Crippen molar-refractivity contribution in [2.75, 3.05) is 5.32 Å². The Hall–Kier alpha value is -1.36. The van der Waals surface area contributed by atoms with Gasteiger partial charge in [-0.05, 0) is 32.6 Å². The van der Waals surface area contributed by atoms with Crippen molar-refractivity contribution in [1.29, 1.82) is 0 Å². The molecule has 1 aromatic heterocycles. The molecule has 0 spiro atoms. The summed E-state index contributed by atoms with van der Waals surface area (Å²) in [6.07, 6.45) is 3.65. The molecule has 0 radical (unpaired) electrons. The van der Waals surface area contributed by atoms with Crippen molar-refractivity contribution < 1.29 is 4.79 Å². The Kier molecular flexibility index (Phi) is 3.24. The average molecular weight is 222 g/mol. The molecular formula is C11H18N4O. The Morgan fingerprint density at radius 1 is 1.50 bits per heavy atom. The first-order valence-electron chi connectivity index (χ1n) is 5.73. The summed E-state index contributed by atoms with van der Waals surface area (Å²) in [5, 5.41) is 9.61. The largest absolute Gasteiger partial charge is 0.328 e. The molecule has 88 valence electrons. The molecule has 0 aliphatic heterocycles. The fraction of sp³-hybridized carbons (Fsp3) is 0.636. The molecule has 0 atom stereocenters. The molecule has 1 amide bonds. The minimum absolute atomic E-state index is 0.0680. The third-order valence-corrected chi connectivity index (χ3v) is 3.10.